The van der Waals surface area contributed by atoms with Gasteiger partial charge in [0.1, 0.15) is 11.5 Å². The maximum atomic E-state index is 12.0. The molecule has 1 aromatic heterocycles. The average molecular weight is 208 g/mol. The van der Waals surface area contributed by atoms with Crippen molar-refractivity contribution in [1.29, 1.82) is 0 Å². The Morgan fingerprint density at radius 3 is 3.20 bits per heavy atom. The second-order valence-corrected chi connectivity index (χ2v) is 3.91. The molecule has 1 aliphatic rings. The van der Waals surface area contributed by atoms with Crippen LogP contribution < -0.4 is 5.73 Å². The molecule has 3 N–H and O–H groups in total. The molecule has 15 heavy (non-hydrogen) atoms. The largest absolute Gasteiger partial charge is 0.382 e. The fourth-order valence-electron chi connectivity index (χ4n) is 2.13. The highest BCUT2D eigenvalue weighted by molar-refractivity contribution is 5.93. The van der Waals surface area contributed by atoms with Gasteiger partial charge in [0, 0.05) is 18.7 Å². The first kappa shape index (κ1) is 10.0. The van der Waals surface area contributed by atoms with Gasteiger partial charge in [-0.25, -0.2) is 0 Å². The first-order chi connectivity index (χ1) is 7.22. The number of nitrogens with two attached hydrogens (primary N) is 1. The molecule has 0 aliphatic carbocycles. The number of aromatic amines is 1. The molecule has 82 valence electrons. The molecule has 5 nitrogen and oxygen atoms in total. The van der Waals surface area contributed by atoms with Crippen LogP contribution in [0.3, 0.4) is 0 Å². The lowest BCUT2D eigenvalue weighted by atomic mass is 10.1. The van der Waals surface area contributed by atoms with Crippen LogP contribution in [-0.2, 0) is 0 Å². The van der Waals surface area contributed by atoms with Crippen LogP contribution in [0.25, 0.3) is 0 Å². The fraction of sp³-hybridized carbons (Fsp3) is 0.600. The van der Waals surface area contributed by atoms with Crippen LogP contribution in [0.2, 0.25) is 0 Å². The van der Waals surface area contributed by atoms with Gasteiger partial charge in [0.05, 0.1) is 0 Å². The van der Waals surface area contributed by atoms with Crippen LogP contribution in [0.5, 0.6) is 0 Å². The van der Waals surface area contributed by atoms with Crippen LogP contribution in [-0.4, -0.2) is 33.6 Å². The molecule has 2 heterocycles. The Morgan fingerprint density at radius 2 is 2.60 bits per heavy atom. The third-order valence-electron chi connectivity index (χ3n) is 2.94. The second-order valence-electron chi connectivity index (χ2n) is 3.91. The zero-order valence-corrected chi connectivity index (χ0v) is 8.86. The van der Waals surface area contributed by atoms with Gasteiger partial charge in [-0.1, -0.05) is 6.92 Å². The first-order valence-electron chi connectivity index (χ1n) is 5.34. The summed E-state index contributed by atoms with van der Waals surface area (Å²) < 4.78 is 0. The molecular weight excluding hydrogens is 192 g/mol. The van der Waals surface area contributed by atoms with Gasteiger partial charge in [0.15, 0.2) is 0 Å². The van der Waals surface area contributed by atoms with Crippen molar-refractivity contribution in [1.82, 2.24) is 15.1 Å². The maximum Gasteiger partial charge on any atom is 0.272 e. The van der Waals surface area contributed by atoms with E-state index in [0.717, 1.165) is 25.8 Å². The Bertz CT molecular complexity index is 360. The van der Waals surface area contributed by atoms with Crippen molar-refractivity contribution < 1.29 is 4.79 Å². The van der Waals surface area contributed by atoms with E-state index in [1.54, 1.807) is 6.07 Å². The number of nitrogen functional groups attached to an aromatic ring is 1. The van der Waals surface area contributed by atoms with E-state index < -0.39 is 0 Å². The zero-order chi connectivity index (χ0) is 10.8. The molecule has 0 saturated carbocycles. The summed E-state index contributed by atoms with van der Waals surface area (Å²) in [5.74, 6) is 0.383. The number of carbonyl (C=O) groups excluding carboxylic acids is 1. The van der Waals surface area contributed by atoms with Crippen molar-refractivity contribution in [3.63, 3.8) is 0 Å². The van der Waals surface area contributed by atoms with Gasteiger partial charge in [0.2, 0.25) is 0 Å². The van der Waals surface area contributed by atoms with Gasteiger partial charge in [-0.15, -0.1) is 0 Å². The van der Waals surface area contributed by atoms with Gasteiger partial charge >= 0.3 is 0 Å². The summed E-state index contributed by atoms with van der Waals surface area (Å²) in [6.07, 6.45) is 3.20. The van der Waals surface area contributed by atoms with Gasteiger partial charge < -0.3 is 10.6 Å². The summed E-state index contributed by atoms with van der Waals surface area (Å²) in [7, 11) is 0. The minimum absolute atomic E-state index is 0.0172. The summed E-state index contributed by atoms with van der Waals surface area (Å²) in [5, 5.41) is 6.43. The number of hydrogen-bond acceptors (Lipinski definition) is 3. The monoisotopic (exact) mass is 208 g/mol. The predicted molar refractivity (Wildman–Crippen MR) is 57.3 cm³/mol. The third kappa shape index (κ3) is 1.82. The van der Waals surface area contributed by atoms with E-state index in [4.69, 9.17) is 5.73 Å². The lowest BCUT2D eigenvalue weighted by Gasteiger charge is -2.22. The Balaban J connectivity index is 2.13. The summed E-state index contributed by atoms with van der Waals surface area (Å²) in [5.41, 5.74) is 5.96. The number of nitrogens with one attached hydrogen (secondary N) is 1. The van der Waals surface area contributed by atoms with Crippen LogP contribution in [0.1, 0.15) is 36.7 Å². The SMILES string of the molecule is CCC1CCCN1C(=O)c1cc(N)n[nH]1. The average Bonchev–Trinajstić information content (AvgIpc) is 2.84. The van der Waals surface area contributed by atoms with E-state index in [9.17, 15) is 4.79 Å². The maximum absolute atomic E-state index is 12.0. The number of anilines is 1. The van der Waals surface area contributed by atoms with Crippen molar-refractivity contribution in [3.8, 4) is 0 Å². The number of amides is 1. The lowest BCUT2D eigenvalue weighted by molar-refractivity contribution is 0.0727. The molecule has 1 atom stereocenters. The van der Waals surface area contributed by atoms with E-state index >= 15 is 0 Å². The highest BCUT2D eigenvalue weighted by Crippen LogP contribution is 2.21. The van der Waals surface area contributed by atoms with Crippen LogP contribution in [0.15, 0.2) is 6.07 Å². The minimum Gasteiger partial charge on any atom is -0.382 e. The second kappa shape index (κ2) is 3.92. The van der Waals surface area contributed by atoms with Gasteiger partial charge in [-0.2, -0.15) is 5.10 Å². The van der Waals surface area contributed by atoms with E-state index in [1.807, 2.05) is 4.90 Å². The fourth-order valence-corrected chi connectivity index (χ4v) is 2.13. The topological polar surface area (TPSA) is 75.0 Å². The molecular formula is C10H16N4O. The summed E-state index contributed by atoms with van der Waals surface area (Å²) in [6.45, 7) is 2.95. The molecule has 0 bridgehead atoms. The molecule has 1 unspecified atom stereocenters. The number of aromatic nitrogens is 2. The molecule has 1 saturated heterocycles. The Morgan fingerprint density at radius 1 is 1.80 bits per heavy atom. The molecule has 0 spiro atoms. The molecule has 1 aromatic rings. The summed E-state index contributed by atoms with van der Waals surface area (Å²) in [6, 6.07) is 1.97. The van der Waals surface area contributed by atoms with Crippen molar-refractivity contribution in [2.45, 2.75) is 32.2 Å². The molecule has 1 fully saturated rings. The Hall–Kier alpha value is -1.52. The third-order valence-corrected chi connectivity index (χ3v) is 2.94. The summed E-state index contributed by atoms with van der Waals surface area (Å²) in [4.78, 5) is 13.9. The van der Waals surface area contributed by atoms with Crippen LogP contribution in [0.4, 0.5) is 5.82 Å². The van der Waals surface area contributed by atoms with Gasteiger partial charge in [-0.05, 0) is 19.3 Å². The highest BCUT2D eigenvalue weighted by Gasteiger charge is 2.28. The number of nitrogens with zero attached hydrogens (tertiary/aromatic N) is 2. The predicted octanol–water partition coefficient (Wildman–Crippen LogP) is 1.01. The molecule has 1 amide bonds. The number of hydrogen-bond donors (Lipinski definition) is 2. The van der Waals surface area contributed by atoms with E-state index in [2.05, 4.69) is 17.1 Å². The molecule has 5 heteroatoms. The molecule has 0 aromatic carbocycles. The van der Waals surface area contributed by atoms with E-state index in [1.165, 1.54) is 0 Å². The van der Waals surface area contributed by atoms with Gasteiger partial charge in [0.25, 0.3) is 5.91 Å². The molecule has 2 rings (SSSR count). The summed E-state index contributed by atoms with van der Waals surface area (Å²) >= 11 is 0. The first-order valence-corrected chi connectivity index (χ1v) is 5.34. The number of carbonyl (C=O) groups is 1. The minimum atomic E-state index is 0.0172. The van der Waals surface area contributed by atoms with Crippen LogP contribution >= 0.6 is 0 Å². The van der Waals surface area contributed by atoms with Crippen molar-refractivity contribution in [2.75, 3.05) is 12.3 Å². The molecule has 0 radical (unpaired) electrons. The lowest BCUT2D eigenvalue weighted by Crippen LogP contribution is -2.35. The zero-order valence-electron chi connectivity index (χ0n) is 8.86. The van der Waals surface area contributed by atoms with Crippen molar-refractivity contribution in [2.24, 2.45) is 0 Å². The van der Waals surface area contributed by atoms with Crippen molar-refractivity contribution in [3.05, 3.63) is 11.8 Å². The smallest absolute Gasteiger partial charge is 0.272 e. The highest BCUT2D eigenvalue weighted by atomic mass is 16.2. The van der Waals surface area contributed by atoms with E-state index in [0.29, 0.717) is 17.6 Å². The van der Waals surface area contributed by atoms with E-state index in [-0.39, 0.29) is 5.91 Å². The normalized spacial score (nSPS) is 20.9. The standard InChI is InChI=1S/C10H16N4O/c1-2-7-4-3-5-14(7)10(15)8-6-9(11)13-12-8/h6-7H,2-5H2,1H3,(H3,11,12,13). The number of likely N-dealkylation sites (tertiary alicyclic amines) is 1. The quantitative estimate of drug-likeness (QED) is 0.761. The number of H-pyrrole nitrogens is 1. The Kier molecular flexibility index (Phi) is 2.62. The van der Waals surface area contributed by atoms with Crippen LogP contribution in [0, 0.1) is 0 Å². The van der Waals surface area contributed by atoms with Crippen molar-refractivity contribution >= 4 is 11.7 Å². The van der Waals surface area contributed by atoms with Gasteiger partial charge in [-0.3, -0.25) is 9.89 Å². The molecule has 1 aliphatic heterocycles. The number of rotatable bonds is 2. The Labute approximate surface area is 88.6 Å².